The number of carbonyl (C=O) groups excluding carboxylic acids is 1. The molecule has 0 bridgehead atoms. The zero-order chi connectivity index (χ0) is 23.4. The van der Waals surface area contributed by atoms with Crippen molar-refractivity contribution < 1.29 is 4.79 Å². The third-order valence-electron chi connectivity index (χ3n) is 4.86. The number of nitrogens with zero attached hydrogens (tertiary/aromatic N) is 3. The van der Waals surface area contributed by atoms with Gasteiger partial charge in [0.1, 0.15) is 0 Å². The highest BCUT2D eigenvalue weighted by molar-refractivity contribution is 9.10. The minimum atomic E-state index is -0.435. The third-order valence-corrected chi connectivity index (χ3v) is 6.94. The topological polar surface area (TPSA) is 59.8 Å². The Morgan fingerprint density at radius 3 is 2.52 bits per heavy atom. The van der Waals surface area contributed by atoms with E-state index in [2.05, 4.69) is 43.6 Å². The third kappa shape index (κ3) is 5.79. The summed E-state index contributed by atoms with van der Waals surface area (Å²) in [6.45, 7) is 1.86. The van der Waals surface area contributed by atoms with Crippen molar-refractivity contribution in [3.63, 3.8) is 0 Å². The summed E-state index contributed by atoms with van der Waals surface area (Å²) in [5.74, 6) is 1.05. The van der Waals surface area contributed by atoms with Crippen molar-refractivity contribution >= 4 is 56.8 Å². The fourth-order valence-corrected chi connectivity index (χ4v) is 4.75. The van der Waals surface area contributed by atoms with Crippen molar-refractivity contribution in [2.24, 2.45) is 0 Å². The molecule has 4 rings (SSSR count). The molecule has 1 amide bonds. The monoisotopic (exact) mass is 560 g/mol. The molecule has 1 aromatic heterocycles. The van der Waals surface area contributed by atoms with Crippen molar-refractivity contribution in [2.75, 3.05) is 0 Å². The molecular formula is C24H19BrCl2N4OS. The summed E-state index contributed by atoms with van der Waals surface area (Å²) in [7, 11) is 0. The van der Waals surface area contributed by atoms with Gasteiger partial charge in [-0.05, 0) is 55.0 Å². The summed E-state index contributed by atoms with van der Waals surface area (Å²) >= 11 is 17.7. The molecule has 1 unspecified atom stereocenters. The maximum absolute atomic E-state index is 12.8. The van der Waals surface area contributed by atoms with E-state index in [1.54, 1.807) is 30.3 Å². The zero-order valence-corrected chi connectivity index (χ0v) is 21.4. The number of nitrogens with one attached hydrogen (secondary N) is 1. The first kappa shape index (κ1) is 23.8. The van der Waals surface area contributed by atoms with Gasteiger partial charge in [-0.3, -0.25) is 9.36 Å². The average Bonchev–Trinajstić information content (AvgIpc) is 3.24. The summed E-state index contributed by atoms with van der Waals surface area (Å²) in [5, 5.41) is 13.5. The Morgan fingerprint density at radius 2 is 1.79 bits per heavy atom. The van der Waals surface area contributed by atoms with Gasteiger partial charge in [0.25, 0.3) is 5.91 Å². The van der Waals surface area contributed by atoms with Crippen molar-refractivity contribution in [1.82, 2.24) is 20.1 Å². The second-order valence-corrected chi connectivity index (χ2v) is 9.95. The van der Waals surface area contributed by atoms with E-state index in [4.69, 9.17) is 23.2 Å². The molecule has 0 saturated carbocycles. The fraction of sp³-hybridized carbons (Fsp3) is 0.125. The van der Waals surface area contributed by atoms with Gasteiger partial charge in [-0.1, -0.05) is 81.2 Å². The minimum absolute atomic E-state index is 0.208. The van der Waals surface area contributed by atoms with E-state index < -0.39 is 6.04 Å². The van der Waals surface area contributed by atoms with Gasteiger partial charge in [-0.15, -0.1) is 10.2 Å². The number of hydrogen-bond acceptors (Lipinski definition) is 4. The first-order valence-electron chi connectivity index (χ1n) is 10.1. The predicted octanol–water partition coefficient (Wildman–Crippen LogP) is 7.12. The second-order valence-electron chi connectivity index (χ2n) is 7.25. The number of halogens is 3. The van der Waals surface area contributed by atoms with E-state index in [1.807, 2.05) is 41.8 Å². The van der Waals surface area contributed by atoms with Crippen LogP contribution in [0.25, 0.3) is 5.69 Å². The lowest BCUT2D eigenvalue weighted by atomic mass is 10.2. The lowest BCUT2D eigenvalue weighted by molar-refractivity contribution is 0.0938. The maximum atomic E-state index is 12.8. The van der Waals surface area contributed by atoms with Gasteiger partial charge in [0.05, 0.1) is 16.8 Å². The van der Waals surface area contributed by atoms with Crippen molar-refractivity contribution in [2.45, 2.75) is 23.9 Å². The highest BCUT2D eigenvalue weighted by atomic mass is 79.9. The SMILES string of the molecule is CC(NC(=O)c1ccc(Br)cc1)c1nnc(SCc2ccccc2)n1-c1cc(Cl)ccc1Cl. The predicted molar refractivity (Wildman–Crippen MR) is 137 cm³/mol. The molecule has 4 aromatic rings. The van der Waals surface area contributed by atoms with Crippen LogP contribution in [-0.4, -0.2) is 20.7 Å². The van der Waals surface area contributed by atoms with Crippen molar-refractivity contribution in [3.05, 3.63) is 104 Å². The van der Waals surface area contributed by atoms with Crippen LogP contribution in [0.4, 0.5) is 0 Å². The van der Waals surface area contributed by atoms with Crippen molar-refractivity contribution in [1.29, 1.82) is 0 Å². The molecule has 0 aliphatic carbocycles. The summed E-state index contributed by atoms with van der Waals surface area (Å²) in [6.07, 6.45) is 0. The number of benzene rings is 3. The summed E-state index contributed by atoms with van der Waals surface area (Å²) in [6, 6.07) is 22.1. The molecule has 168 valence electrons. The van der Waals surface area contributed by atoms with Crippen LogP contribution < -0.4 is 5.32 Å². The van der Waals surface area contributed by atoms with Crippen LogP contribution in [-0.2, 0) is 5.75 Å². The molecule has 9 heteroatoms. The standard InChI is InChI=1S/C24H19BrCl2N4OS/c1-15(28-23(32)17-7-9-18(25)10-8-17)22-29-30-24(33-14-16-5-3-2-4-6-16)31(22)21-13-19(26)11-12-20(21)27/h2-13,15H,14H2,1H3,(H,28,32). The molecule has 1 atom stereocenters. The average molecular weight is 562 g/mol. The normalized spacial score (nSPS) is 11.9. The second kappa shape index (κ2) is 10.7. The Hall–Kier alpha value is -2.32. The Bertz CT molecular complexity index is 1270. The van der Waals surface area contributed by atoms with E-state index in [9.17, 15) is 4.79 Å². The van der Waals surface area contributed by atoms with Gasteiger partial charge in [-0.25, -0.2) is 0 Å². The van der Waals surface area contributed by atoms with E-state index in [1.165, 1.54) is 11.8 Å². The molecule has 0 radical (unpaired) electrons. The van der Waals surface area contributed by atoms with E-state index in [-0.39, 0.29) is 5.91 Å². The van der Waals surface area contributed by atoms with Gasteiger partial charge >= 0.3 is 0 Å². The minimum Gasteiger partial charge on any atom is -0.342 e. The van der Waals surface area contributed by atoms with Crippen LogP contribution in [0.5, 0.6) is 0 Å². The van der Waals surface area contributed by atoms with Gasteiger partial charge in [0.2, 0.25) is 0 Å². The van der Waals surface area contributed by atoms with Gasteiger partial charge in [0.15, 0.2) is 11.0 Å². The number of aromatic nitrogens is 3. The largest absolute Gasteiger partial charge is 0.342 e. The van der Waals surface area contributed by atoms with Crippen LogP contribution in [0.3, 0.4) is 0 Å². The molecule has 0 spiro atoms. The van der Waals surface area contributed by atoms with Crippen molar-refractivity contribution in [3.8, 4) is 5.69 Å². The van der Waals surface area contributed by atoms with Crippen LogP contribution in [0, 0.1) is 0 Å². The molecule has 0 aliphatic rings. The summed E-state index contributed by atoms with van der Waals surface area (Å²) in [5.41, 5.74) is 2.37. The smallest absolute Gasteiger partial charge is 0.251 e. The Kier molecular flexibility index (Phi) is 7.75. The van der Waals surface area contributed by atoms with Gasteiger partial charge < -0.3 is 5.32 Å². The first-order valence-corrected chi connectivity index (χ1v) is 12.6. The lowest BCUT2D eigenvalue weighted by Gasteiger charge is -2.17. The summed E-state index contributed by atoms with van der Waals surface area (Å²) in [4.78, 5) is 12.8. The Labute approximate surface area is 214 Å². The number of carbonyl (C=O) groups is 1. The molecule has 3 aromatic carbocycles. The van der Waals surface area contributed by atoms with E-state index in [0.717, 1.165) is 10.0 Å². The number of hydrogen-bond donors (Lipinski definition) is 1. The van der Waals surface area contributed by atoms with E-state index >= 15 is 0 Å². The van der Waals surface area contributed by atoms with Crippen LogP contribution in [0.15, 0.2) is 82.4 Å². The molecule has 1 heterocycles. The quantitative estimate of drug-likeness (QED) is 0.244. The molecule has 5 nitrogen and oxygen atoms in total. The highest BCUT2D eigenvalue weighted by Gasteiger charge is 2.23. The molecule has 33 heavy (non-hydrogen) atoms. The Balaban J connectivity index is 1.66. The van der Waals surface area contributed by atoms with Crippen LogP contribution in [0.2, 0.25) is 10.0 Å². The van der Waals surface area contributed by atoms with Gasteiger partial charge in [0, 0.05) is 20.8 Å². The van der Waals surface area contributed by atoms with Gasteiger partial charge in [-0.2, -0.15) is 0 Å². The number of thioether (sulfide) groups is 1. The first-order chi connectivity index (χ1) is 15.9. The molecular weight excluding hydrogens is 543 g/mol. The van der Waals surface area contributed by atoms with Crippen LogP contribution in [0.1, 0.15) is 34.7 Å². The Morgan fingerprint density at radius 1 is 1.06 bits per heavy atom. The number of rotatable bonds is 7. The molecule has 0 saturated heterocycles. The lowest BCUT2D eigenvalue weighted by Crippen LogP contribution is -2.28. The van der Waals surface area contributed by atoms with E-state index in [0.29, 0.717) is 38.0 Å². The number of amides is 1. The maximum Gasteiger partial charge on any atom is 0.251 e. The molecule has 1 N–H and O–H groups in total. The highest BCUT2D eigenvalue weighted by Crippen LogP contribution is 2.32. The zero-order valence-electron chi connectivity index (χ0n) is 17.5. The summed E-state index contributed by atoms with van der Waals surface area (Å²) < 4.78 is 2.76. The molecule has 0 aliphatic heterocycles. The fourth-order valence-electron chi connectivity index (χ4n) is 3.21. The molecule has 0 fully saturated rings. The van der Waals surface area contributed by atoms with Crippen LogP contribution >= 0.6 is 50.9 Å².